The summed E-state index contributed by atoms with van der Waals surface area (Å²) in [7, 11) is 0. The van der Waals surface area contributed by atoms with Gasteiger partial charge in [0, 0.05) is 31.4 Å². The Morgan fingerprint density at radius 1 is 1.22 bits per heavy atom. The minimum absolute atomic E-state index is 0.586. The highest BCUT2D eigenvalue weighted by Crippen LogP contribution is 2.20. The van der Waals surface area contributed by atoms with Gasteiger partial charge in [-0.1, -0.05) is 12.1 Å². The van der Waals surface area contributed by atoms with E-state index in [1.165, 1.54) is 18.4 Å². The molecule has 1 aliphatic rings. The maximum atomic E-state index is 5.99. The molecular formula is C19H25N3O. The summed E-state index contributed by atoms with van der Waals surface area (Å²) in [5, 5.41) is 0. The number of piperidine rings is 1. The second kappa shape index (κ2) is 7.55. The van der Waals surface area contributed by atoms with Crippen LogP contribution in [0.1, 0.15) is 29.8 Å². The molecule has 122 valence electrons. The van der Waals surface area contributed by atoms with Crippen LogP contribution in [0.5, 0.6) is 5.75 Å². The highest BCUT2D eigenvalue weighted by molar-refractivity contribution is 5.27. The monoisotopic (exact) mass is 311 g/mol. The Hall–Kier alpha value is -1.94. The third-order valence-electron chi connectivity index (χ3n) is 4.30. The van der Waals surface area contributed by atoms with Crippen LogP contribution in [-0.4, -0.2) is 34.6 Å². The molecule has 3 rings (SSSR count). The Morgan fingerprint density at radius 3 is 2.91 bits per heavy atom. The topological polar surface area (TPSA) is 38.2 Å². The summed E-state index contributed by atoms with van der Waals surface area (Å²) in [6.45, 7) is 7.94. The molecule has 1 aromatic carbocycles. The van der Waals surface area contributed by atoms with Gasteiger partial charge in [0.25, 0.3) is 0 Å². The Balaban J connectivity index is 1.50. The third-order valence-corrected chi connectivity index (χ3v) is 4.30. The number of hydrogen-bond donors (Lipinski definition) is 0. The van der Waals surface area contributed by atoms with Gasteiger partial charge >= 0.3 is 0 Å². The van der Waals surface area contributed by atoms with E-state index in [2.05, 4.69) is 33.9 Å². The molecule has 0 bridgehead atoms. The van der Waals surface area contributed by atoms with Crippen LogP contribution in [0.15, 0.2) is 36.7 Å². The number of ether oxygens (including phenoxy) is 1. The molecule has 0 aliphatic carbocycles. The van der Waals surface area contributed by atoms with Crippen molar-refractivity contribution >= 4 is 0 Å². The highest BCUT2D eigenvalue weighted by atomic mass is 16.5. The number of rotatable bonds is 5. The average Bonchev–Trinajstić information content (AvgIpc) is 2.56. The molecule has 1 atom stereocenters. The van der Waals surface area contributed by atoms with Crippen LogP contribution in [0.25, 0.3) is 0 Å². The predicted octanol–water partition coefficient (Wildman–Crippen LogP) is 3.38. The molecule has 1 fully saturated rings. The van der Waals surface area contributed by atoms with Crippen LogP contribution >= 0.6 is 0 Å². The van der Waals surface area contributed by atoms with Crippen molar-refractivity contribution < 1.29 is 4.74 Å². The van der Waals surface area contributed by atoms with Crippen molar-refractivity contribution in [2.45, 2.75) is 33.2 Å². The molecular weight excluding hydrogens is 286 g/mol. The first-order valence-corrected chi connectivity index (χ1v) is 8.38. The van der Waals surface area contributed by atoms with Crippen LogP contribution in [0.4, 0.5) is 0 Å². The van der Waals surface area contributed by atoms with Gasteiger partial charge < -0.3 is 4.74 Å². The van der Waals surface area contributed by atoms with E-state index in [-0.39, 0.29) is 0 Å². The minimum Gasteiger partial charge on any atom is -0.493 e. The van der Waals surface area contributed by atoms with Gasteiger partial charge in [-0.3, -0.25) is 14.9 Å². The zero-order chi connectivity index (χ0) is 16.1. The molecule has 0 radical (unpaired) electrons. The van der Waals surface area contributed by atoms with Crippen molar-refractivity contribution in [1.29, 1.82) is 0 Å². The lowest BCUT2D eigenvalue weighted by molar-refractivity contribution is 0.124. The number of benzene rings is 1. The van der Waals surface area contributed by atoms with Crippen molar-refractivity contribution in [3.05, 3.63) is 53.6 Å². The van der Waals surface area contributed by atoms with Crippen LogP contribution in [0, 0.1) is 19.8 Å². The van der Waals surface area contributed by atoms with Gasteiger partial charge in [-0.25, -0.2) is 0 Å². The number of aryl methyl sites for hydroxylation is 2. The van der Waals surface area contributed by atoms with Gasteiger partial charge in [0.1, 0.15) is 5.75 Å². The molecule has 0 N–H and O–H groups in total. The number of nitrogens with zero attached hydrogens (tertiary/aromatic N) is 3. The van der Waals surface area contributed by atoms with Crippen molar-refractivity contribution in [1.82, 2.24) is 14.9 Å². The summed E-state index contributed by atoms with van der Waals surface area (Å²) in [6, 6.07) is 8.28. The molecule has 0 saturated carbocycles. The van der Waals surface area contributed by atoms with Gasteiger partial charge in [-0.05, 0) is 50.9 Å². The summed E-state index contributed by atoms with van der Waals surface area (Å²) in [5.41, 5.74) is 3.26. The maximum Gasteiger partial charge on any atom is 0.119 e. The summed E-state index contributed by atoms with van der Waals surface area (Å²) in [6.07, 6.45) is 6.20. The van der Waals surface area contributed by atoms with Gasteiger partial charge in [-0.15, -0.1) is 0 Å². The van der Waals surface area contributed by atoms with Gasteiger partial charge in [0.15, 0.2) is 0 Å². The van der Waals surface area contributed by atoms with Crippen molar-refractivity contribution in [2.75, 3.05) is 19.7 Å². The molecule has 1 aromatic heterocycles. The molecule has 23 heavy (non-hydrogen) atoms. The zero-order valence-corrected chi connectivity index (χ0v) is 14.0. The first-order chi connectivity index (χ1) is 11.2. The van der Waals surface area contributed by atoms with Crippen LogP contribution in [0.2, 0.25) is 0 Å². The first kappa shape index (κ1) is 15.9. The Kier molecular flexibility index (Phi) is 5.23. The standard InChI is InChI=1S/C19H25N3O/c1-15-5-3-7-19(9-15)23-14-17-6-4-8-22(12-17)13-18-11-20-16(2)10-21-18/h3,5,7,9-11,17H,4,6,8,12-14H2,1-2H3/t17-/m1/s1. The quantitative estimate of drug-likeness (QED) is 0.848. The number of aromatic nitrogens is 2. The van der Waals surface area contributed by atoms with Crippen molar-refractivity contribution in [3.8, 4) is 5.75 Å². The first-order valence-electron chi connectivity index (χ1n) is 8.38. The van der Waals surface area contributed by atoms with E-state index < -0.39 is 0 Å². The van der Waals surface area contributed by atoms with Crippen LogP contribution in [-0.2, 0) is 6.54 Å². The largest absolute Gasteiger partial charge is 0.493 e. The SMILES string of the molecule is Cc1cccc(OC[C@@H]2CCCN(Cc3cnc(C)cn3)C2)c1. The third kappa shape index (κ3) is 4.76. The summed E-state index contributed by atoms with van der Waals surface area (Å²) in [5.74, 6) is 1.56. The molecule has 0 amide bonds. The number of hydrogen-bond acceptors (Lipinski definition) is 4. The fourth-order valence-corrected chi connectivity index (χ4v) is 3.08. The van der Waals surface area contributed by atoms with E-state index in [0.717, 1.165) is 43.4 Å². The van der Waals surface area contributed by atoms with Gasteiger partial charge in [0.05, 0.1) is 18.0 Å². The zero-order valence-electron chi connectivity index (χ0n) is 14.0. The summed E-state index contributed by atoms with van der Waals surface area (Å²) in [4.78, 5) is 11.3. The lowest BCUT2D eigenvalue weighted by atomic mass is 9.99. The van der Waals surface area contributed by atoms with Crippen LogP contribution < -0.4 is 4.74 Å². The van der Waals surface area contributed by atoms with E-state index in [9.17, 15) is 0 Å². The molecule has 0 unspecified atom stereocenters. The summed E-state index contributed by atoms with van der Waals surface area (Å²) < 4.78 is 5.99. The Morgan fingerprint density at radius 2 is 2.13 bits per heavy atom. The second-order valence-corrected chi connectivity index (χ2v) is 6.52. The Bertz CT molecular complexity index is 627. The van der Waals surface area contributed by atoms with Gasteiger partial charge in [0.2, 0.25) is 0 Å². The molecule has 4 nitrogen and oxygen atoms in total. The molecule has 1 aliphatic heterocycles. The normalized spacial score (nSPS) is 18.8. The van der Waals surface area contributed by atoms with Crippen LogP contribution in [0.3, 0.4) is 0 Å². The summed E-state index contributed by atoms with van der Waals surface area (Å²) >= 11 is 0. The van der Waals surface area contributed by atoms with E-state index in [1.807, 2.05) is 31.5 Å². The van der Waals surface area contributed by atoms with E-state index in [1.54, 1.807) is 0 Å². The van der Waals surface area contributed by atoms with E-state index in [0.29, 0.717) is 5.92 Å². The molecule has 4 heteroatoms. The molecule has 2 heterocycles. The van der Waals surface area contributed by atoms with Crippen molar-refractivity contribution in [3.63, 3.8) is 0 Å². The van der Waals surface area contributed by atoms with E-state index in [4.69, 9.17) is 4.74 Å². The van der Waals surface area contributed by atoms with Crippen molar-refractivity contribution in [2.24, 2.45) is 5.92 Å². The predicted molar refractivity (Wildman–Crippen MR) is 91.4 cm³/mol. The molecule has 1 saturated heterocycles. The smallest absolute Gasteiger partial charge is 0.119 e. The highest BCUT2D eigenvalue weighted by Gasteiger charge is 2.21. The molecule has 2 aromatic rings. The lowest BCUT2D eigenvalue weighted by Crippen LogP contribution is -2.37. The fraction of sp³-hybridized carbons (Fsp3) is 0.474. The molecule has 0 spiro atoms. The average molecular weight is 311 g/mol. The maximum absolute atomic E-state index is 5.99. The Labute approximate surface area is 138 Å². The minimum atomic E-state index is 0.586. The van der Waals surface area contributed by atoms with E-state index >= 15 is 0 Å². The lowest BCUT2D eigenvalue weighted by Gasteiger charge is -2.32. The van der Waals surface area contributed by atoms with Gasteiger partial charge in [-0.2, -0.15) is 0 Å². The second-order valence-electron chi connectivity index (χ2n) is 6.52. The fourth-order valence-electron chi connectivity index (χ4n) is 3.08. The number of likely N-dealkylation sites (tertiary alicyclic amines) is 1.